The van der Waals surface area contributed by atoms with Crippen LogP contribution in [0.1, 0.15) is 29.3 Å². The first-order valence-corrected chi connectivity index (χ1v) is 5.18. The van der Waals surface area contributed by atoms with Gasteiger partial charge in [0.2, 0.25) is 0 Å². The van der Waals surface area contributed by atoms with Crippen LogP contribution in [0.15, 0.2) is 18.2 Å². The molecular formula is C13H16N2O. The van der Waals surface area contributed by atoms with Gasteiger partial charge in [-0.15, -0.1) is 11.8 Å². The molecule has 0 fully saturated rings. The molecule has 0 aliphatic rings. The highest BCUT2D eigenvalue weighted by Crippen LogP contribution is 2.10. The van der Waals surface area contributed by atoms with Crippen molar-refractivity contribution >= 4 is 11.6 Å². The number of nitrogen functional groups attached to an aromatic ring is 1. The molecule has 1 amide bonds. The molecule has 16 heavy (non-hydrogen) atoms. The molecule has 0 saturated carbocycles. The van der Waals surface area contributed by atoms with Crippen molar-refractivity contribution < 1.29 is 4.79 Å². The Morgan fingerprint density at radius 3 is 2.81 bits per heavy atom. The summed E-state index contributed by atoms with van der Waals surface area (Å²) >= 11 is 0. The van der Waals surface area contributed by atoms with Crippen molar-refractivity contribution in [2.45, 2.75) is 20.3 Å². The summed E-state index contributed by atoms with van der Waals surface area (Å²) in [5.74, 6) is 5.56. The van der Waals surface area contributed by atoms with Crippen molar-refractivity contribution in [2.75, 3.05) is 12.3 Å². The Labute approximate surface area is 96.0 Å². The number of hydrogen-bond donors (Lipinski definition) is 2. The average molecular weight is 216 g/mol. The summed E-state index contributed by atoms with van der Waals surface area (Å²) in [6.07, 6.45) is 0.670. The quantitative estimate of drug-likeness (QED) is 0.459. The Kier molecular flexibility index (Phi) is 4.41. The molecule has 0 aliphatic carbocycles. The van der Waals surface area contributed by atoms with E-state index in [0.717, 1.165) is 5.56 Å². The smallest absolute Gasteiger partial charge is 0.251 e. The molecule has 3 nitrogen and oxygen atoms in total. The van der Waals surface area contributed by atoms with E-state index in [1.165, 1.54) is 0 Å². The number of aryl methyl sites for hydroxylation is 1. The molecule has 0 radical (unpaired) electrons. The van der Waals surface area contributed by atoms with Crippen LogP contribution in [0.25, 0.3) is 0 Å². The van der Waals surface area contributed by atoms with Gasteiger partial charge in [-0.05, 0) is 37.6 Å². The van der Waals surface area contributed by atoms with Crippen LogP contribution in [0, 0.1) is 18.8 Å². The maximum absolute atomic E-state index is 11.7. The number of benzene rings is 1. The van der Waals surface area contributed by atoms with E-state index in [-0.39, 0.29) is 5.91 Å². The van der Waals surface area contributed by atoms with Crippen molar-refractivity contribution in [3.8, 4) is 11.8 Å². The molecule has 0 bridgehead atoms. The minimum Gasteiger partial charge on any atom is -0.399 e. The second-order valence-electron chi connectivity index (χ2n) is 3.57. The Hall–Kier alpha value is -1.95. The van der Waals surface area contributed by atoms with Gasteiger partial charge in [0.05, 0.1) is 0 Å². The maximum atomic E-state index is 11.7. The summed E-state index contributed by atoms with van der Waals surface area (Å²) in [5.41, 5.74) is 7.86. The molecule has 1 aromatic rings. The number of carbonyl (C=O) groups excluding carboxylic acids is 1. The van der Waals surface area contributed by atoms with E-state index in [1.807, 2.05) is 19.1 Å². The van der Waals surface area contributed by atoms with E-state index in [1.54, 1.807) is 13.0 Å². The fourth-order valence-electron chi connectivity index (χ4n) is 1.41. The van der Waals surface area contributed by atoms with E-state index >= 15 is 0 Å². The van der Waals surface area contributed by atoms with Gasteiger partial charge in [-0.25, -0.2) is 0 Å². The summed E-state index contributed by atoms with van der Waals surface area (Å²) in [5, 5.41) is 2.79. The first-order valence-electron chi connectivity index (χ1n) is 5.18. The first kappa shape index (κ1) is 12.1. The molecule has 0 spiro atoms. The summed E-state index contributed by atoms with van der Waals surface area (Å²) in [6.45, 7) is 4.26. The van der Waals surface area contributed by atoms with E-state index in [4.69, 9.17) is 5.73 Å². The van der Waals surface area contributed by atoms with Crippen LogP contribution in [0.3, 0.4) is 0 Å². The Balaban J connectivity index is 2.61. The highest BCUT2D eigenvalue weighted by Gasteiger charge is 2.05. The minimum atomic E-state index is -0.103. The maximum Gasteiger partial charge on any atom is 0.251 e. The normalized spacial score (nSPS) is 9.12. The van der Waals surface area contributed by atoms with Gasteiger partial charge in [0, 0.05) is 24.2 Å². The predicted molar refractivity (Wildman–Crippen MR) is 66.0 cm³/mol. The zero-order valence-electron chi connectivity index (χ0n) is 9.63. The largest absolute Gasteiger partial charge is 0.399 e. The van der Waals surface area contributed by atoms with E-state index in [0.29, 0.717) is 24.2 Å². The van der Waals surface area contributed by atoms with Gasteiger partial charge < -0.3 is 11.1 Å². The standard InChI is InChI=1S/C13H16N2O/c1-3-4-5-6-15-13(16)11-7-10(2)8-12(14)9-11/h7-9H,5-6,14H2,1-2H3,(H,15,16). The van der Waals surface area contributed by atoms with E-state index in [9.17, 15) is 4.79 Å². The van der Waals surface area contributed by atoms with Crippen molar-refractivity contribution in [1.82, 2.24) is 5.32 Å². The van der Waals surface area contributed by atoms with Gasteiger partial charge in [-0.3, -0.25) is 4.79 Å². The van der Waals surface area contributed by atoms with Gasteiger partial charge in [0.15, 0.2) is 0 Å². The van der Waals surface area contributed by atoms with Gasteiger partial charge in [0.25, 0.3) is 5.91 Å². The van der Waals surface area contributed by atoms with Crippen LogP contribution < -0.4 is 11.1 Å². The molecule has 0 atom stereocenters. The fourth-order valence-corrected chi connectivity index (χ4v) is 1.41. The molecule has 1 aromatic carbocycles. The highest BCUT2D eigenvalue weighted by atomic mass is 16.1. The molecule has 0 unspecified atom stereocenters. The molecule has 0 saturated heterocycles. The fraction of sp³-hybridized carbons (Fsp3) is 0.308. The summed E-state index contributed by atoms with van der Waals surface area (Å²) in [7, 11) is 0. The predicted octanol–water partition coefficient (Wildman–Crippen LogP) is 1.72. The van der Waals surface area contributed by atoms with Gasteiger partial charge in [-0.1, -0.05) is 0 Å². The molecule has 0 heterocycles. The van der Waals surface area contributed by atoms with E-state index < -0.39 is 0 Å². The third kappa shape index (κ3) is 3.66. The second kappa shape index (κ2) is 5.82. The number of amides is 1. The first-order chi connectivity index (χ1) is 7.63. The average Bonchev–Trinajstić information content (AvgIpc) is 2.22. The van der Waals surface area contributed by atoms with Crippen LogP contribution in [-0.4, -0.2) is 12.5 Å². The summed E-state index contributed by atoms with van der Waals surface area (Å²) < 4.78 is 0. The van der Waals surface area contributed by atoms with Gasteiger partial charge in [0.1, 0.15) is 0 Å². The van der Waals surface area contributed by atoms with Crippen molar-refractivity contribution in [3.63, 3.8) is 0 Å². The van der Waals surface area contributed by atoms with Crippen LogP contribution in [0.5, 0.6) is 0 Å². The van der Waals surface area contributed by atoms with Crippen LogP contribution >= 0.6 is 0 Å². The number of carbonyl (C=O) groups is 1. The lowest BCUT2D eigenvalue weighted by Crippen LogP contribution is -2.24. The second-order valence-corrected chi connectivity index (χ2v) is 3.57. The highest BCUT2D eigenvalue weighted by molar-refractivity contribution is 5.95. The number of hydrogen-bond acceptors (Lipinski definition) is 2. The third-order valence-corrected chi connectivity index (χ3v) is 2.07. The molecule has 3 heteroatoms. The van der Waals surface area contributed by atoms with Crippen molar-refractivity contribution in [3.05, 3.63) is 29.3 Å². The molecule has 1 rings (SSSR count). The Morgan fingerprint density at radius 1 is 1.44 bits per heavy atom. The third-order valence-electron chi connectivity index (χ3n) is 2.07. The lowest BCUT2D eigenvalue weighted by Gasteiger charge is -2.05. The lowest BCUT2D eigenvalue weighted by molar-refractivity contribution is 0.0954. The summed E-state index contributed by atoms with van der Waals surface area (Å²) in [6, 6.07) is 5.32. The van der Waals surface area contributed by atoms with E-state index in [2.05, 4.69) is 17.2 Å². The van der Waals surface area contributed by atoms with Gasteiger partial charge in [-0.2, -0.15) is 0 Å². The van der Waals surface area contributed by atoms with Crippen molar-refractivity contribution in [1.29, 1.82) is 0 Å². The number of anilines is 1. The van der Waals surface area contributed by atoms with Crippen LogP contribution in [0.2, 0.25) is 0 Å². The molecule has 0 aromatic heterocycles. The zero-order valence-corrected chi connectivity index (χ0v) is 9.63. The minimum absolute atomic E-state index is 0.103. The molecule has 0 aliphatic heterocycles. The topological polar surface area (TPSA) is 55.1 Å². The monoisotopic (exact) mass is 216 g/mol. The molecule has 3 N–H and O–H groups in total. The van der Waals surface area contributed by atoms with Gasteiger partial charge >= 0.3 is 0 Å². The number of rotatable bonds is 3. The number of nitrogens with two attached hydrogens (primary N) is 1. The Morgan fingerprint density at radius 2 is 2.19 bits per heavy atom. The Bertz CT molecular complexity index is 421. The zero-order chi connectivity index (χ0) is 12.0. The SMILES string of the molecule is CC#CCCNC(=O)c1cc(C)cc(N)c1. The molecular weight excluding hydrogens is 200 g/mol. The van der Waals surface area contributed by atoms with Crippen molar-refractivity contribution in [2.24, 2.45) is 0 Å². The lowest BCUT2D eigenvalue weighted by atomic mass is 10.1. The van der Waals surface area contributed by atoms with Crippen LogP contribution in [-0.2, 0) is 0 Å². The summed E-state index contributed by atoms with van der Waals surface area (Å²) in [4.78, 5) is 11.7. The number of nitrogens with one attached hydrogen (secondary N) is 1. The van der Waals surface area contributed by atoms with Crippen LogP contribution in [0.4, 0.5) is 5.69 Å². The molecule has 84 valence electrons.